The summed E-state index contributed by atoms with van der Waals surface area (Å²) in [5.41, 5.74) is 1.10. The van der Waals surface area contributed by atoms with E-state index in [9.17, 15) is 0 Å². The van der Waals surface area contributed by atoms with Crippen LogP contribution in [0.1, 0.15) is 24.2 Å². The lowest BCUT2D eigenvalue weighted by molar-refractivity contribution is 0.379. The number of aromatic nitrogens is 2. The van der Waals surface area contributed by atoms with Gasteiger partial charge in [0.25, 0.3) is 0 Å². The van der Waals surface area contributed by atoms with Crippen molar-refractivity contribution in [2.24, 2.45) is 0 Å². The number of methoxy groups -OCH3 is 1. The molecule has 0 N–H and O–H groups in total. The summed E-state index contributed by atoms with van der Waals surface area (Å²) in [7, 11) is 1.65. The van der Waals surface area contributed by atoms with Crippen LogP contribution in [0.3, 0.4) is 0 Å². The zero-order valence-electron chi connectivity index (χ0n) is 9.43. The van der Waals surface area contributed by atoms with Gasteiger partial charge in [0.1, 0.15) is 5.75 Å². The fourth-order valence-electron chi connectivity index (χ4n) is 1.46. The summed E-state index contributed by atoms with van der Waals surface area (Å²) < 4.78 is 10.3. The lowest BCUT2D eigenvalue weighted by atomic mass is 10.1. The first-order valence-electron chi connectivity index (χ1n) is 5.26. The average molecular weight is 218 g/mol. The Morgan fingerprint density at radius 1 is 1.38 bits per heavy atom. The highest BCUT2D eigenvalue weighted by atomic mass is 16.5. The molecule has 2 aromatic rings. The first-order valence-corrected chi connectivity index (χ1v) is 5.26. The number of nitrogens with zero attached hydrogens (tertiary/aromatic N) is 2. The van der Waals surface area contributed by atoms with Gasteiger partial charge < -0.3 is 9.26 Å². The van der Waals surface area contributed by atoms with Crippen molar-refractivity contribution in [1.82, 2.24) is 10.1 Å². The summed E-state index contributed by atoms with van der Waals surface area (Å²) in [5.74, 6) is 2.23. The normalized spacial score (nSPS) is 10.4. The Morgan fingerprint density at radius 2 is 2.25 bits per heavy atom. The molecule has 4 heteroatoms. The van der Waals surface area contributed by atoms with Gasteiger partial charge >= 0.3 is 0 Å². The van der Waals surface area contributed by atoms with E-state index in [-0.39, 0.29) is 0 Å². The molecule has 0 unspecified atom stereocenters. The summed E-state index contributed by atoms with van der Waals surface area (Å²) in [4.78, 5) is 4.26. The summed E-state index contributed by atoms with van der Waals surface area (Å²) >= 11 is 0. The van der Waals surface area contributed by atoms with Crippen molar-refractivity contribution in [3.63, 3.8) is 0 Å². The van der Waals surface area contributed by atoms with E-state index in [0.29, 0.717) is 12.3 Å². The Balaban J connectivity index is 2.13. The van der Waals surface area contributed by atoms with Crippen molar-refractivity contribution in [3.8, 4) is 5.75 Å². The highest BCUT2D eigenvalue weighted by Gasteiger charge is 2.06. The molecule has 1 aromatic carbocycles. The van der Waals surface area contributed by atoms with Crippen LogP contribution in [0, 0.1) is 0 Å². The minimum atomic E-state index is 0.643. The molecule has 1 heterocycles. The second-order valence-corrected chi connectivity index (χ2v) is 3.49. The van der Waals surface area contributed by atoms with Gasteiger partial charge in [0.05, 0.1) is 13.5 Å². The standard InChI is InChI=1S/C12H14N2O2/c1-3-11-13-12(16-14-11)8-9-5-4-6-10(7-9)15-2/h4-7H,3,8H2,1-2H3. The van der Waals surface area contributed by atoms with Gasteiger partial charge in [-0.25, -0.2) is 0 Å². The third-order valence-corrected chi connectivity index (χ3v) is 2.32. The summed E-state index contributed by atoms with van der Waals surface area (Å²) in [6.45, 7) is 2.00. The van der Waals surface area contributed by atoms with Crippen molar-refractivity contribution in [2.75, 3.05) is 7.11 Å². The maximum Gasteiger partial charge on any atom is 0.231 e. The molecule has 0 aliphatic carbocycles. The number of benzene rings is 1. The molecule has 2 rings (SSSR count). The Kier molecular flexibility index (Phi) is 3.19. The number of ether oxygens (including phenoxy) is 1. The molecule has 16 heavy (non-hydrogen) atoms. The smallest absolute Gasteiger partial charge is 0.231 e. The van der Waals surface area contributed by atoms with Crippen molar-refractivity contribution in [2.45, 2.75) is 19.8 Å². The molecular formula is C12H14N2O2. The van der Waals surface area contributed by atoms with E-state index >= 15 is 0 Å². The number of hydrogen-bond acceptors (Lipinski definition) is 4. The molecule has 84 valence electrons. The second-order valence-electron chi connectivity index (χ2n) is 3.49. The van der Waals surface area contributed by atoms with E-state index in [2.05, 4.69) is 10.1 Å². The minimum absolute atomic E-state index is 0.643. The molecule has 0 bridgehead atoms. The lowest BCUT2D eigenvalue weighted by Crippen LogP contribution is -1.90. The van der Waals surface area contributed by atoms with Crippen molar-refractivity contribution in [3.05, 3.63) is 41.5 Å². The van der Waals surface area contributed by atoms with Gasteiger partial charge in [-0.3, -0.25) is 0 Å². The molecule has 0 aliphatic heterocycles. The molecular weight excluding hydrogens is 204 g/mol. The van der Waals surface area contributed by atoms with Crippen LogP contribution < -0.4 is 4.74 Å². The number of aryl methyl sites for hydroxylation is 1. The second kappa shape index (κ2) is 4.79. The highest BCUT2D eigenvalue weighted by Crippen LogP contribution is 2.15. The predicted octanol–water partition coefficient (Wildman–Crippen LogP) is 2.23. The molecule has 0 amide bonds. The largest absolute Gasteiger partial charge is 0.497 e. The van der Waals surface area contributed by atoms with E-state index in [1.807, 2.05) is 31.2 Å². The fourth-order valence-corrected chi connectivity index (χ4v) is 1.46. The Bertz CT molecular complexity index is 466. The molecule has 0 spiro atoms. The first kappa shape index (κ1) is 10.7. The van der Waals surface area contributed by atoms with Crippen LogP contribution in [0.25, 0.3) is 0 Å². The molecule has 0 fully saturated rings. The van der Waals surface area contributed by atoms with Crippen LogP contribution in [0.4, 0.5) is 0 Å². The lowest BCUT2D eigenvalue weighted by Gasteiger charge is -2.01. The van der Waals surface area contributed by atoms with Gasteiger partial charge in [-0.05, 0) is 17.7 Å². The minimum Gasteiger partial charge on any atom is -0.497 e. The van der Waals surface area contributed by atoms with Gasteiger partial charge in [-0.2, -0.15) is 4.98 Å². The Morgan fingerprint density at radius 3 is 2.94 bits per heavy atom. The van der Waals surface area contributed by atoms with Gasteiger partial charge in [-0.1, -0.05) is 24.2 Å². The molecule has 0 saturated carbocycles. The third-order valence-electron chi connectivity index (χ3n) is 2.32. The number of hydrogen-bond donors (Lipinski definition) is 0. The van der Waals surface area contributed by atoms with Gasteiger partial charge in [0.2, 0.25) is 5.89 Å². The molecule has 0 radical (unpaired) electrons. The summed E-state index contributed by atoms with van der Waals surface area (Å²) in [6, 6.07) is 7.84. The zero-order valence-corrected chi connectivity index (χ0v) is 9.43. The van der Waals surface area contributed by atoms with Crippen LogP contribution >= 0.6 is 0 Å². The van der Waals surface area contributed by atoms with E-state index in [0.717, 1.165) is 23.6 Å². The van der Waals surface area contributed by atoms with Gasteiger partial charge in [0, 0.05) is 6.42 Å². The van der Waals surface area contributed by atoms with Crippen LogP contribution in [-0.2, 0) is 12.8 Å². The van der Waals surface area contributed by atoms with Crippen LogP contribution in [0.15, 0.2) is 28.8 Å². The SMILES string of the molecule is CCc1noc(Cc2cccc(OC)c2)n1. The molecule has 0 aliphatic rings. The van der Waals surface area contributed by atoms with Gasteiger partial charge in [0.15, 0.2) is 5.82 Å². The van der Waals surface area contributed by atoms with E-state index in [4.69, 9.17) is 9.26 Å². The summed E-state index contributed by atoms with van der Waals surface area (Å²) in [6.07, 6.45) is 1.44. The molecule has 0 saturated heterocycles. The van der Waals surface area contributed by atoms with E-state index < -0.39 is 0 Å². The van der Waals surface area contributed by atoms with Crippen LogP contribution in [0.5, 0.6) is 5.75 Å². The predicted molar refractivity (Wildman–Crippen MR) is 59.5 cm³/mol. The summed E-state index contributed by atoms with van der Waals surface area (Å²) in [5, 5.41) is 3.86. The Labute approximate surface area is 94.2 Å². The van der Waals surface area contributed by atoms with E-state index in [1.165, 1.54) is 0 Å². The van der Waals surface area contributed by atoms with Crippen molar-refractivity contribution >= 4 is 0 Å². The molecule has 4 nitrogen and oxygen atoms in total. The molecule has 1 aromatic heterocycles. The van der Waals surface area contributed by atoms with Crippen molar-refractivity contribution < 1.29 is 9.26 Å². The first-order chi connectivity index (χ1) is 7.81. The zero-order chi connectivity index (χ0) is 11.4. The monoisotopic (exact) mass is 218 g/mol. The topological polar surface area (TPSA) is 48.2 Å². The Hall–Kier alpha value is -1.84. The number of rotatable bonds is 4. The maximum absolute atomic E-state index is 5.15. The fraction of sp³-hybridized carbons (Fsp3) is 0.333. The average Bonchev–Trinajstić information content (AvgIpc) is 2.77. The van der Waals surface area contributed by atoms with Crippen LogP contribution in [0.2, 0.25) is 0 Å². The van der Waals surface area contributed by atoms with E-state index in [1.54, 1.807) is 7.11 Å². The highest BCUT2D eigenvalue weighted by molar-refractivity contribution is 5.29. The van der Waals surface area contributed by atoms with Gasteiger partial charge in [-0.15, -0.1) is 0 Å². The maximum atomic E-state index is 5.15. The third kappa shape index (κ3) is 2.39. The molecule has 0 atom stereocenters. The quantitative estimate of drug-likeness (QED) is 0.789. The van der Waals surface area contributed by atoms with Crippen LogP contribution in [-0.4, -0.2) is 17.3 Å². The van der Waals surface area contributed by atoms with Crippen molar-refractivity contribution in [1.29, 1.82) is 0 Å².